The van der Waals surface area contributed by atoms with Crippen LogP contribution in [-0.2, 0) is 6.42 Å². The third kappa shape index (κ3) is 4.00. The van der Waals surface area contributed by atoms with Crippen LogP contribution in [0.15, 0.2) is 35.2 Å². The molecule has 1 heterocycles. The van der Waals surface area contributed by atoms with Gasteiger partial charge >= 0.3 is 0 Å². The van der Waals surface area contributed by atoms with E-state index < -0.39 is 0 Å². The summed E-state index contributed by atoms with van der Waals surface area (Å²) in [6.07, 6.45) is 5.22. The number of hydrogen-bond acceptors (Lipinski definition) is 3. The van der Waals surface area contributed by atoms with Crippen LogP contribution in [-0.4, -0.2) is 11.5 Å². The predicted octanol–water partition coefficient (Wildman–Crippen LogP) is 3.57. The predicted molar refractivity (Wildman–Crippen MR) is 75.4 cm³/mol. The summed E-state index contributed by atoms with van der Waals surface area (Å²) in [5, 5.41) is 0. The molecule has 0 spiro atoms. The molecule has 2 aromatic rings. The van der Waals surface area contributed by atoms with Gasteiger partial charge < -0.3 is 10.2 Å². The van der Waals surface area contributed by atoms with Crippen LogP contribution in [0.4, 0.5) is 0 Å². The molecule has 1 aromatic carbocycles. The van der Waals surface area contributed by atoms with Gasteiger partial charge in [-0.3, -0.25) is 0 Å². The van der Waals surface area contributed by atoms with Gasteiger partial charge in [0.25, 0.3) is 0 Å². The number of rotatable bonds is 4. The maximum atomic E-state index is 5.52. The van der Waals surface area contributed by atoms with Gasteiger partial charge in [-0.05, 0) is 44.0 Å². The van der Waals surface area contributed by atoms with Crippen molar-refractivity contribution in [3.63, 3.8) is 0 Å². The summed E-state index contributed by atoms with van der Waals surface area (Å²) in [6, 6.07) is 6.44. The van der Waals surface area contributed by atoms with Crippen molar-refractivity contribution in [3.05, 3.63) is 41.9 Å². The molecule has 98 valence electrons. The van der Waals surface area contributed by atoms with Crippen molar-refractivity contribution in [2.75, 3.05) is 6.54 Å². The number of hydrogen-bond donors (Lipinski definition) is 1. The average Bonchev–Trinajstić information content (AvgIpc) is 2.92. The third-order valence-electron chi connectivity index (χ3n) is 2.52. The molecule has 2 N–H and O–H groups in total. The average molecular weight is 246 g/mol. The molecule has 0 aliphatic carbocycles. The molecule has 0 saturated heterocycles. The molecule has 2 rings (SSSR count). The van der Waals surface area contributed by atoms with Crippen molar-refractivity contribution in [1.82, 2.24) is 4.98 Å². The Morgan fingerprint density at radius 1 is 1.22 bits per heavy atom. The van der Waals surface area contributed by atoms with Crippen LogP contribution in [0.25, 0.3) is 11.3 Å². The topological polar surface area (TPSA) is 52.0 Å². The van der Waals surface area contributed by atoms with E-state index in [9.17, 15) is 0 Å². The van der Waals surface area contributed by atoms with Crippen LogP contribution in [0.3, 0.4) is 0 Å². The first kappa shape index (κ1) is 14.5. The zero-order chi connectivity index (χ0) is 13.4. The number of aryl methyl sites for hydroxylation is 2. The minimum absolute atomic E-state index is 0.728. The Hall–Kier alpha value is -1.61. The highest BCUT2D eigenvalue weighted by Gasteiger charge is 2.04. The highest BCUT2D eigenvalue weighted by Crippen LogP contribution is 2.22. The molecule has 1 aromatic heterocycles. The fraction of sp³-hybridized carbons (Fsp3) is 0.400. The minimum atomic E-state index is 0.728. The fourth-order valence-corrected chi connectivity index (χ4v) is 1.81. The lowest BCUT2D eigenvalue weighted by Crippen LogP contribution is -2.00. The lowest BCUT2D eigenvalue weighted by atomic mass is 10.0. The van der Waals surface area contributed by atoms with Gasteiger partial charge in [-0.1, -0.05) is 25.5 Å². The summed E-state index contributed by atoms with van der Waals surface area (Å²) in [7, 11) is 0. The summed E-state index contributed by atoms with van der Waals surface area (Å²) >= 11 is 0. The van der Waals surface area contributed by atoms with Crippen molar-refractivity contribution >= 4 is 0 Å². The molecule has 0 amide bonds. The van der Waals surface area contributed by atoms with Crippen LogP contribution >= 0.6 is 0 Å². The lowest BCUT2D eigenvalue weighted by Gasteiger charge is -2.05. The Balaban J connectivity index is 0.000000771. The smallest absolute Gasteiger partial charge is 0.181 e. The maximum absolute atomic E-state index is 5.52. The summed E-state index contributed by atoms with van der Waals surface area (Å²) in [6.45, 7) is 6.82. The van der Waals surface area contributed by atoms with Gasteiger partial charge in [0.05, 0.1) is 6.20 Å². The first-order valence-corrected chi connectivity index (χ1v) is 6.49. The van der Waals surface area contributed by atoms with Crippen LogP contribution in [0.5, 0.6) is 0 Å². The summed E-state index contributed by atoms with van der Waals surface area (Å²) in [5.41, 5.74) is 9.15. The zero-order valence-electron chi connectivity index (χ0n) is 11.4. The van der Waals surface area contributed by atoms with E-state index in [1.807, 2.05) is 13.8 Å². The second-order valence-corrected chi connectivity index (χ2v) is 3.97. The number of nitrogens with zero attached hydrogens (tertiary/aromatic N) is 1. The first-order valence-electron chi connectivity index (χ1n) is 6.49. The number of oxazole rings is 1. The van der Waals surface area contributed by atoms with Gasteiger partial charge in [-0.2, -0.15) is 0 Å². The Morgan fingerprint density at radius 3 is 2.61 bits per heavy atom. The monoisotopic (exact) mass is 246 g/mol. The quantitative estimate of drug-likeness (QED) is 0.897. The third-order valence-corrected chi connectivity index (χ3v) is 2.52. The number of aromatic nitrogens is 1. The second kappa shape index (κ2) is 7.67. The first-order chi connectivity index (χ1) is 8.79. The minimum Gasteiger partial charge on any atom is -0.444 e. The van der Waals surface area contributed by atoms with Crippen LogP contribution in [0, 0.1) is 6.92 Å². The molecular formula is C15H22N2O. The van der Waals surface area contributed by atoms with E-state index in [1.165, 1.54) is 17.5 Å². The van der Waals surface area contributed by atoms with E-state index in [1.54, 1.807) is 6.20 Å². The molecule has 3 nitrogen and oxygen atoms in total. The van der Waals surface area contributed by atoms with Crippen molar-refractivity contribution in [3.8, 4) is 11.3 Å². The van der Waals surface area contributed by atoms with E-state index in [2.05, 4.69) is 30.1 Å². The molecule has 18 heavy (non-hydrogen) atoms. The van der Waals surface area contributed by atoms with Gasteiger partial charge in [-0.15, -0.1) is 0 Å². The van der Waals surface area contributed by atoms with E-state index in [0.29, 0.717) is 0 Å². The highest BCUT2D eigenvalue weighted by atomic mass is 16.3. The molecule has 0 fully saturated rings. The van der Waals surface area contributed by atoms with Gasteiger partial charge in [-0.25, -0.2) is 4.98 Å². The zero-order valence-corrected chi connectivity index (χ0v) is 11.4. The van der Waals surface area contributed by atoms with Gasteiger partial charge in [0, 0.05) is 5.56 Å². The van der Waals surface area contributed by atoms with E-state index >= 15 is 0 Å². The normalized spacial score (nSPS) is 9.78. The Bertz CT molecular complexity index is 450. The Morgan fingerprint density at radius 2 is 2.00 bits per heavy atom. The summed E-state index contributed by atoms with van der Waals surface area (Å²) < 4.78 is 5.30. The van der Waals surface area contributed by atoms with Crippen molar-refractivity contribution in [2.24, 2.45) is 5.73 Å². The second-order valence-electron chi connectivity index (χ2n) is 3.97. The van der Waals surface area contributed by atoms with Gasteiger partial charge in [0.15, 0.2) is 12.2 Å². The standard InChI is InChI=1S/C13H16N2O.C2H6/c1-10-5-11(3-2-4-14)7-12(6-10)13-8-15-9-16-13;1-2/h5-9H,2-4,14H2,1H3;1-2H3. The van der Waals surface area contributed by atoms with Crippen molar-refractivity contribution in [1.29, 1.82) is 0 Å². The van der Waals surface area contributed by atoms with E-state index in [0.717, 1.165) is 30.7 Å². The summed E-state index contributed by atoms with van der Waals surface area (Å²) in [4.78, 5) is 3.93. The molecule has 0 aliphatic heterocycles. The molecular weight excluding hydrogens is 224 g/mol. The fourth-order valence-electron chi connectivity index (χ4n) is 1.81. The van der Waals surface area contributed by atoms with Crippen LogP contribution < -0.4 is 5.73 Å². The molecule has 0 aliphatic rings. The Labute approximate surface area is 109 Å². The molecule has 0 unspecified atom stereocenters. The van der Waals surface area contributed by atoms with E-state index in [-0.39, 0.29) is 0 Å². The maximum Gasteiger partial charge on any atom is 0.181 e. The van der Waals surface area contributed by atoms with Crippen LogP contribution in [0.2, 0.25) is 0 Å². The largest absolute Gasteiger partial charge is 0.444 e. The Kier molecular flexibility index (Phi) is 6.15. The van der Waals surface area contributed by atoms with Crippen molar-refractivity contribution < 1.29 is 4.42 Å². The molecule has 0 saturated carbocycles. The molecule has 3 heteroatoms. The SMILES string of the molecule is CC.Cc1cc(CCCN)cc(-c2cnco2)c1. The van der Waals surface area contributed by atoms with Crippen LogP contribution in [0.1, 0.15) is 31.4 Å². The number of nitrogens with two attached hydrogens (primary N) is 1. The molecule has 0 radical (unpaired) electrons. The lowest BCUT2D eigenvalue weighted by molar-refractivity contribution is 0.572. The molecule has 0 bridgehead atoms. The van der Waals surface area contributed by atoms with Gasteiger partial charge in [0.2, 0.25) is 0 Å². The summed E-state index contributed by atoms with van der Waals surface area (Å²) in [5.74, 6) is 0.817. The van der Waals surface area contributed by atoms with Crippen molar-refractivity contribution in [2.45, 2.75) is 33.6 Å². The van der Waals surface area contributed by atoms with E-state index in [4.69, 9.17) is 10.2 Å². The highest BCUT2D eigenvalue weighted by molar-refractivity contribution is 5.58. The van der Waals surface area contributed by atoms with Gasteiger partial charge in [0.1, 0.15) is 0 Å². The molecule has 0 atom stereocenters. The number of benzene rings is 1.